The number of ether oxygens (including phenoxy) is 1. The van der Waals surface area contributed by atoms with Gasteiger partial charge in [0.1, 0.15) is 47.5 Å². The molecule has 7 atom stereocenters. The summed E-state index contributed by atoms with van der Waals surface area (Å²) in [6.45, 7) is 26.0. The molecular formula is C39H63N6O8PSi2. The number of carbonyl (C=O) groups is 1. The molecular weight excluding hydrogens is 768 g/mol. The maximum absolute atomic E-state index is 15.1. The van der Waals surface area contributed by atoms with Gasteiger partial charge < -0.3 is 29.0 Å². The van der Waals surface area contributed by atoms with Gasteiger partial charge in [-0.05, 0) is 79.8 Å². The Bertz CT molecular complexity index is 1930. The van der Waals surface area contributed by atoms with Gasteiger partial charge in [-0.2, -0.15) is 15.4 Å². The first-order valence-electron chi connectivity index (χ1n) is 19.4. The van der Waals surface area contributed by atoms with Crippen LogP contribution in [0.1, 0.15) is 87.3 Å². The van der Waals surface area contributed by atoms with E-state index in [2.05, 4.69) is 89.0 Å². The van der Waals surface area contributed by atoms with E-state index in [4.69, 9.17) is 28.4 Å². The van der Waals surface area contributed by atoms with Gasteiger partial charge >= 0.3 is 13.7 Å². The number of para-hydroxylation sites is 1. The van der Waals surface area contributed by atoms with Gasteiger partial charge in [-0.3, -0.25) is 9.32 Å². The smallest absolute Gasteiger partial charge is 0.459 e. The van der Waals surface area contributed by atoms with Crippen molar-refractivity contribution >= 4 is 41.7 Å². The number of rotatable bonds is 17. The Morgan fingerprint density at radius 1 is 1.05 bits per heavy atom. The third kappa shape index (κ3) is 9.10. The Hall–Kier alpha value is -3.14. The zero-order valence-electron chi connectivity index (χ0n) is 35.4. The second kappa shape index (κ2) is 16.6. The number of carboxylic acids is 1. The molecule has 1 fully saturated rings. The Morgan fingerprint density at radius 3 is 2.20 bits per heavy atom. The number of carboxylic acid groups (broad SMARTS) is 1. The number of nitrogens with two attached hydrogens (primary N) is 1. The molecule has 0 saturated carbocycles. The third-order valence-corrected chi connectivity index (χ3v) is 22.6. The number of aromatic nitrogens is 3. The molecule has 0 amide bonds. The highest BCUT2D eigenvalue weighted by atomic mass is 31.2. The monoisotopic (exact) mass is 830 g/mol. The topological polar surface area (TPSA) is 193 Å². The van der Waals surface area contributed by atoms with E-state index in [1.54, 1.807) is 42.5 Å². The summed E-state index contributed by atoms with van der Waals surface area (Å²) in [4.78, 5) is 17.2. The van der Waals surface area contributed by atoms with Crippen LogP contribution in [0, 0.1) is 17.2 Å². The average molecular weight is 831 g/mol. The van der Waals surface area contributed by atoms with Crippen molar-refractivity contribution in [2.24, 2.45) is 5.92 Å². The fourth-order valence-electron chi connectivity index (χ4n) is 6.54. The van der Waals surface area contributed by atoms with Crippen molar-refractivity contribution in [1.82, 2.24) is 19.7 Å². The second-order valence-electron chi connectivity index (χ2n) is 18.0. The van der Waals surface area contributed by atoms with Gasteiger partial charge in [0, 0.05) is 0 Å². The van der Waals surface area contributed by atoms with Crippen LogP contribution in [0.25, 0.3) is 5.52 Å². The Morgan fingerprint density at radius 2 is 1.66 bits per heavy atom. The zero-order chi connectivity index (χ0) is 42.1. The molecule has 0 radical (unpaired) electrons. The van der Waals surface area contributed by atoms with Gasteiger partial charge in [-0.1, -0.05) is 86.4 Å². The minimum Gasteiger partial charge on any atom is -0.480 e. The Labute approximate surface area is 334 Å². The highest BCUT2D eigenvalue weighted by Crippen LogP contribution is 2.53. The molecule has 1 aromatic carbocycles. The molecule has 0 bridgehead atoms. The Kier molecular flexibility index (Phi) is 13.5. The lowest BCUT2D eigenvalue weighted by Gasteiger charge is -2.45. The number of nitrogen functional groups attached to an aromatic ring is 1. The lowest BCUT2D eigenvalue weighted by molar-refractivity contribution is -0.146. The van der Waals surface area contributed by atoms with E-state index in [9.17, 15) is 15.2 Å². The largest absolute Gasteiger partial charge is 0.480 e. The summed E-state index contributed by atoms with van der Waals surface area (Å²) in [5, 5.41) is 28.8. The van der Waals surface area contributed by atoms with Gasteiger partial charge in [0.05, 0.1) is 12.3 Å². The number of benzene rings is 1. The average Bonchev–Trinajstić information content (AvgIpc) is 3.66. The normalized spacial score (nSPS) is 23.6. The van der Waals surface area contributed by atoms with E-state index in [-0.39, 0.29) is 21.6 Å². The molecule has 0 aliphatic carbocycles. The molecule has 56 heavy (non-hydrogen) atoms. The van der Waals surface area contributed by atoms with Crippen LogP contribution in [0.15, 0.2) is 48.8 Å². The maximum atomic E-state index is 15.1. The van der Waals surface area contributed by atoms with Crippen molar-refractivity contribution in [2.75, 3.05) is 12.3 Å². The fraction of sp³-hybridized carbons (Fsp3) is 0.641. The first-order valence-corrected chi connectivity index (χ1v) is 26.7. The number of aliphatic carboxylic acids is 1. The van der Waals surface area contributed by atoms with Crippen LogP contribution >= 0.6 is 7.75 Å². The number of nitrogens with one attached hydrogen (secondary N) is 1. The molecule has 0 spiro atoms. The SMILES string of the molecule is CCCC(CC)[C@](C)(NP(=O)(OC[C@H]1O[C@@](C#N)(c2ccc3c(N)ncnn23)[C@H](O[Si](C)(C)C(C)(C)C)[C@@H]1O[Si](C)(C)C(C)(C)C)Oc1ccccc1)C(=O)O. The van der Waals surface area contributed by atoms with Crippen molar-refractivity contribution in [3.05, 3.63) is 54.5 Å². The van der Waals surface area contributed by atoms with Gasteiger partial charge in [0.25, 0.3) is 0 Å². The van der Waals surface area contributed by atoms with Crippen molar-refractivity contribution in [2.45, 2.75) is 147 Å². The summed E-state index contributed by atoms with van der Waals surface area (Å²) in [7, 11) is -9.90. The van der Waals surface area contributed by atoms with Gasteiger partial charge in [-0.15, -0.1) is 0 Å². The van der Waals surface area contributed by atoms with Crippen LogP contribution in [-0.2, 0) is 33.1 Å². The molecule has 2 aromatic heterocycles. The summed E-state index contributed by atoms with van der Waals surface area (Å²) in [6, 6.07) is 14.4. The lowest BCUT2D eigenvalue weighted by atomic mass is 9.81. The summed E-state index contributed by atoms with van der Waals surface area (Å²) in [6.07, 6.45) is 0.0746. The minimum atomic E-state index is -4.53. The first-order chi connectivity index (χ1) is 25.8. The van der Waals surface area contributed by atoms with Gasteiger partial charge in [0.2, 0.25) is 5.60 Å². The molecule has 1 aliphatic heterocycles. The van der Waals surface area contributed by atoms with E-state index in [0.717, 1.165) is 0 Å². The predicted molar refractivity (Wildman–Crippen MR) is 222 cm³/mol. The van der Waals surface area contributed by atoms with Gasteiger partial charge in [0.15, 0.2) is 22.5 Å². The molecule has 14 nitrogen and oxygen atoms in total. The number of hydrogen-bond donors (Lipinski definition) is 3. The standard InChI is InChI=1S/C39H63N6O8PSi2/c1-14-19-27(15-2)38(9,35(46)47)44-54(48,51-28-20-17-16-18-21-28)49-24-30-32(52-55(10,11)36(3,4)5)33(53-56(12,13)37(6,7)8)39(25-40,50-30)31-23-22-29-34(41)42-26-43-45(29)31/h16-18,20-23,26-27,30,32-33H,14-15,19,24H2,1-13H3,(H,44,48)(H,46,47)(H2,41,42,43)/t27?,30-,32-,33-,38+,39+,54?/m1/s1. The number of fused-ring (bicyclic) bond motifs is 1. The van der Waals surface area contributed by atoms with E-state index in [1.807, 2.05) is 13.8 Å². The molecule has 4 N–H and O–H groups in total. The quantitative estimate of drug-likeness (QED) is 0.0865. The van der Waals surface area contributed by atoms with Crippen LogP contribution < -0.4 is 15.3 Å². The van der Waals surface area contributed by atoms with Crippen LogP contribution in [-0.4, -0.2) is 72.8 Å². The highest BCUT2D eigenvalue weighted by Gasteiger charge is 2.63. The van der Waals surface area contributed by atoms with Crippen molar-refractivity contribution in [3.63, 3.8) is 0 Å². The number of nitriles is 1. The Balaban J connectivity index is 1.93. The van der Waals surface area contributed by atoms with E-state index < -0.39 is 72.3 Å². The van der Waals surface area contributed by atoms with Crippen molar-refractivity contribution < 1.29 is 37.1 Å². The predicted octanol–water partition coefficient (Wildman–Crippen LogP) is 8.67. The lowest BCUT2D eigenvalue weighted by Crippen LogP contribution is -2.56. The van der Waals surface area contributed by atoms with E-state index in [1.165, 1.54) is 17.8 Å². The minimum absolute atomic E-state index is 0.212. The molecule has 4 rings (SSSR count). The van der Waals surface area contributed by atoms with E-state index in [0.29, 0.717) is 30.5 Å². The summed E-state index contributed by atoms with van der Waals surface area (Å²) < 4.78 is 50.5. The molecule has 3 heterocycles. The fourth-order valence-corrected chi connectivity index (χ4v) is 10.9. The van der Waals surface area contributed by atoms with Crippen LogP contribution in [0.4, 0.5) is 5.82 Å². The number of hydrogen-bond acceptors (Lipinski definition) is 11. The van der Waals surface area contributed by atoms with E-state index >= 15 is 4.57 Å². The molecule has 3 aromatic rings. The molecule has 2 unspecified atom stereocenters. The third-order valence-electron chi connectivity index (χ3n) is 12.0. The molecule has 17 heteroatoms. The van der Waals surface area contributed by atoms with Crippen LogP contribution in [0.2, 0.25) is 36.3 Å². The van der Waals surface area contributed by atoms with Crippen LogP contribution in [0.3, 0.4) is 0 Å². The summed E-state index contributed by atoms with van der Waals surface area (Å²) in [5.74, 6) is -1.18. The highest BCUT2D eigenvalue weighted by molar-refractivity contribution is 7.52. The molecule has 310 valence electrons. The van der Waals surface area contributed by atoms with Crippen molar-refractivity contribution in [3.8, 4) is 11.8 Å². The summed E-state index contributed by atoms with van der Waals surface area (Å²) in [5.41, 5.74) is 3.56. The molecule has 1 aliphatic rings. The van der Waals surface area contributed by atoms with Gasteiger partial charge in [-0.25, -0.2) is 14.1 Å². The first kappa shape index (κ1) is 45.6. The van der Waals surface area contributed by atoms with Crippen molar-refractivity contribution in [1.29, 1.82) is 5.26 Å². The number of nitrogens with zero attached hydrogens (tertiary/aromatic N) is 4. The number of anilines is 1. The van der Waals surface area contributed by atoms with Crippen LogP contribution in [0.5, 0.6) is 5.75 Å². The zero-order valence-corrected chi connectivity index (χ0v) is 38.3. The molecule has 1 saturated heterocycles. The second-order valence-corrected chi connectivity index (χ2v) is 29.2. The maximum Gasteiger partial charge on any atom is 0.459 e. The summed E-state index contributed by atoms with van der Waals surface area (Å²) >= 11 is 0.